The first-order chi connectivity index (χ1) is 14.1. The summed E-state index contributed by atoms with van der Waals surface area (Å²) in [4.78, 5) is 0. The molecule has 173 valence electrons. The Morgan fingerprint density at radius 3 is 2.28 bits per heavy atom. The molecule has 0 spiro atoms. The van der Waals surface area contributed by atoms with Crippen LogP contribution in [0.1, 0.15) is 40.5 Å². The van der Waals surface area contributed by atoms with Crippen LogP contribution in [0.2, 0.25) is 5.76 Å². The molecule has 2 unspecified atom stereocenters. The minimum absolute atomic E-state index is 0.279. The van der Waals surface area contributed by atoms with Gasteiger partial charge in [0.05, 0.1) is 0 Å². The van der Waals surface area contributed by atoms with Gasteiger partial charge in [-0.25, -0.2) is 0 Å². The van der Waals surface area contributed by atoms with Gasteiger partial charge >= 0.3 is 183 Å². The van der Waals surface area contributed by atoms with E-state index in [0.29, 0.717) is 58.3 Å². The first kappa shape index (κ1) is 29.8. The van der Waals surface area contributed by atoms with Gasteiger partial charge in [-0.3, -0.25) is 0 Å². The fourth-order valence-corrected chi connectivity index (χ4v) is 6.06. The zero-order valence-electron chi connectivity index (χ0n) is 18.9. The second-order valence-electron chi connectivity index (χ2n) is 6.65. The van der Waals surface area contributed by atoms with Crippen LogP contribution in [0.5, 0.6) is 0 Å². The molecular weight excluding hydrogens is 501 g/mol. The molecule has 0 aromatic heterocycles. The second kappa shape index (κ2) is 23.4. The second-order valence-corrected chi connectivity index (χ2v) is 12.9. The zero-order valence-corrected chi connectivity index (χ0v) is 23.1. The van der Waals surface area contributed by atoms with Crippen LogP contribution in [0.4, 0.5) is 0 Å². The molecule has 29 heavy (non-hydrogen) atoms. The Balaban J connectivity index is 3.25. The van der Waals surface area contributed by atoms with E-state index in [1.807, 2.05) is 5.76 Å². The van der Waals surface area contributed by atoms with Crippen molar-refractivity contribution >= 4 is 31.1 Å². The first-order valence-electron chi connectivity index (χ1n) is 10.5. The summed E-state index contributed by atoms with van der Waals surface area (Å²) in [6, 6.07) is 0. The topological polar surface area (TPSA) is 73.8 Å². The molecule has 0 amide bonds. The van der Waals surface area contributed by atoms with E-state index in [1.54, 1.807) is 0 Å². The standard InChI is InChI=1S/C19H41Ge2O8/c1-6-8-23-15-18(3)16-25-17-24-11-14-28-21(5)29-20-27-13-10-22-9-12-26-19(4)7-2/h18-19H,6-17H2,1-5H3. The molecule has 0 saturated carbocycles. The van der Waals surface area contributed by atoms with Crippen molar-refractivity contribution in [3.05, 3.63) is 0 Å². The summed E-state index contributed by atoms with van der Waals surface area (Å²) < 4.78 is 44.2. The van der Waals surface area contributed by atoms with Gasteiger partial charge in [-0.05, 0) is 0 Å². The van der Waals surface area contributed by atoms with Crippen molar-refractivity contribution in [2.75, 3.05) is 66.3 Å². The summed E-state index contributed by atoms with van der Waals surface area (Å²) >= 11 is -2.79. The van der Waals surface area contributed by atoms with E-state index in [0.717, 1.165) is 26.1 Å². The van der Waals surface area contributed by atoms with Gasteiger partial charge in [0.2, 0.25) is 0 Å². The van der Waals surface area contributed by atoms with Gasteiger partial charge in [0.25, 0.3) is 0 Å². The molecule has 0 aromatic carbocycles. The SMILES string of the molecule is CCCOCC(C)COCOCC[O][Ge]([CH3])[O][Ge][O]CCOCCOC(C)CC. The van der Waals surface area contributed by atoms with Crippen LogP contribution in [0, 0.1) is 5.92 Å². The van der Waals surface area contributed by atoms with E-state index < -0.39 is 31.1 Å². The Labute approximate surface area is 189 Å². The molecule has 0 aliphatic carbocycles. The average molecular weight is 543 g/mol. The van der Waals surface area contributed by atoms with E-state index in [-0.39, 0.29) is 6.79 Å². The Morgan fingerprint density at radius 1 is 0.793 bits per heavy atom. The molecular formula is C19H41Ge2O8. The van der Waals surface area contributed by atoms with Crippen molar-refractivity contribution in [3.8, 4) is 0 Å². The normalized spacial score (nSPS) is 13.9. The summed E-state index contributed by atoms with van der Waals surface area (Å²) in [7, 11) is 0. The first-order valence-corrected chi connectivity index (χ1v) is 16.0. The summed E-state index contributed by atoms with van der Waals surface area (Å²) in [5.74, 6) is 2.39. The Bertz CT molecular complexity index is 329. The van der Waals surface area contributed by atoms with Crippen molar-refractivity contribution < 1.29 is 34.0 Å². The Kier molecular flexibility index (Phi) is 24.0. The number of ether oxygens (including phenoxy) is 5. The molecule has 0 heterocycles. The molecule has 0 N–H and O–H groups in total. The molecule has 10 heteroatoms. The van der Waals surface area contributed by atoms with Crippen LogP contribution >= 0.6 is 0 Å². The molecule has 3 radical (unpaired) electrons. The summed E-state index contributed by atoms with van der Waals surface area (Å²) in [5.41, 5.74) is 0. The van der Waals surface area contributed by atoms with E-state index in [1.165, 1.54) is 0 Å². The molecule has 8 nitrogen and oxygen atoms in total. The molecule has 0 saturated heterocycles. The molecule has 0 aliphatic heterocycles. The fourth-order valence-electron chi connectivity index (χ4n) is 1.88. The minimum atomic E-state index is -1.91. The Morgan fingerprint density at radius 2 is 1.52 bits per heavy atom. The van der Waals surface area contributed by atoms with Crippen LogP contribution < -0.4 is 0 Å². The number of hydrogen-bond donors (Lipinski definition) is 0. The predicted molar refractivity (Wildman–Crippen MR) is 114 cm³/mol. The fraction of sp³-hybridized carbons (Fsp3) is 1.00. The van der Waals surface area contributed by atoms with Gasteiger partial charge in [0.1, 0.15) is 0 Å². The summed E-state index contributed by atoms with van der Waals surface area (Å²) in [6.45, 7) is 14.2. The van der Waals surface area contributed by atoms with Gasteiger partial charge in [-0.1, -0.05) is 6.92 Å². The quantitative estimate of drug-likeness (QED) is 0.111. The van der Waals surface area contributed by atoms with E-state index in [9.17, 15) is 0 Å². The van der Waals surface area contributed by atoms with Crippen molar-refractivity contribution in [3.63, 3.8) is 0 Å². The third-order valence-corrected chi connectivity index (χ3v) is 10.4. The monoisotopic (exact) mass is 545 g/mol. The van der Waals surface area contributed by atoms with Crippen LogP contribution in [0.15, 0.2) is 0 Å². The average Bonchev–Trinajstić information content (AvgIpc) is 2.71. The van der Waals surface area contributed by atoms with Gasteiger partial charge in [0.15, 0.2) is 0 Å². The molecule has 0 bridgehead atoms. The van der Waals surface area contributed by atoms with Crippen molar-refractivity contribution in [2.24, 2.45) is 5.92 Å². The third-order valence-electron chi connectivity index (χ3n) is 3.63. The maximum atomic E-state index is 5.69. The molecule has 0 aromatic rings. The zero-order chi connectivity index (χ0) is 21.6. The van der Waals surface area contributed by atoms with E-state index in [2.05, 4.69) is 27.7 Å². The van der Waals surface area contributed by atoms with Crippen molar-refractivity contribution in [1.29, 1.82) is 0 Å². The van der Waals surface area contributed by atoms with Crippen LogP contribution in [0.25, 0.3) is 0 Å². The molecule has 0 fully saturated rings. The molecule has 2 atom stereocenters. The predicted octanol–water partition coefficient (Wildman–Crippen LogP) is 2.57. The Hall–Kier alpha value is 0.766. The van der Waals surface area contributed by atoms with Crippen LogP contribution in [-0.4, -0.2) is 103 Å². The van der Waals surface area contributed by atoms with Crippen LogP contribution in [0.3, 0.4) is 0 Å². The van der Waals surface area contributed by atoms with Crippen molar-refractivity contribution in [2.45, 2.75) is 52.4 Å². The van der Waals surface area contributed by atoms with Gasteiger partial charge in [-0.15, -0.1) is 0 Å². The van der Waals surface area contributed by atoms with E-state index >= 15 is 0 Å². The van der Waals surface area contributed by atoms with Gasteiger partial charge < -0.3 is 0 Å². The number of hydrogen-bond acceptors (Lipinski definition) is 8. The van der Waals surface area contributed by atoms with Gasteiger partial charge in [0, 0.05) is 0 Å². The third kappa shape index (κ3) is 23.3. The molecule has 0 rings (SSSR count). The summed E-state index contributed by atoms with van der Waals surface area (Å²) in [5, 5.41) is 0. The van der Waals surface area contributed by atoms with Gasteiger partial charge in [-0.2, -0.15) is 0 Å². The van der Waals surface area contributed by atoms with Crippen LogP contribution in [-0.2, 0) is 34.0 Å². The maximum absolute atomic E-state index is 5.69. The van der Waals surface area contributed by atoms with Crippen molar-refractivity contribution in [1.82, 2.24) is 0 Å². The van der Waals surface area contributed by atoms with E-state index in [4.69, 9.17) is 34.0 Å². The molecule has 0 aliphatic rings. The summed E-state index contributed by atoms with van der Waals surface area (Å²) in [6.07, 6.45) is 2.35. The number of rotatable bonds is 23.